The fourth-order valence-electron chi connectivity index (χ4n) is 0. The standard InChI is InChI=1S/2C3H6.4ClH.2Pd/c2*1-3-2;;;;;;/h2*3H,1H2,2H3;4*1H;;/q;;;;;;2*+2/p-4. The van der Waals surface area contributed by atoms with Gasteiger partial charge in [-0.2, -0.15) is 0 Å². The van der Waals surface area contributed by atoms with Crippen molar-refractivity contribution in [3.05, 3.63) is 25.3 Å². The van der Waals surface area contributed by atoms with Gasteiger partial charge in [-0.3, -0.25) is 0 Å². The van der Waals surface area contributed by atoms with Crippen LogP contribution in [0.15, 0.2) is 25.3 Å². The van der Waals surface area contributed by atoms with Crippen LogP contribution in [0.25, 0.3) is 0 Å². The van der Waals surface area contributed by atoms with E-state index < -0.39 is 0 Å². The van der Waals surface area contributed by atoms with Crippen LogP contribution in [0.1, 0.15) is 13.8 Å². The quantitative estimate of drug-likeness (QED) is 0.363. The SMILES string of the molecule is C=CC.C=CC.[Cl][Pd][Cl].[Cl][Pd][Cl]. The molecule has 0 aliphatic carbocycles. The van der Waals surface area contributed by atoms with Crippen molar-refractivity contribution in [1.82, 2.24) is 0 Å². The summed E-state index contributed by atoms with van der Waals surface area (Å²) in [6.45, 7) is 10.5. The molecule has 0 saturated carbocycles. The third kappa shape index (κ3) is 373. The molecule has 0 rings (SSSR count). The summed E-state index contributed by atoms with van der Waals surface area (Å²) in [6, 6.07) is 0. The van der Waals surface area contributed by atoms with Gasteiger partial charge in [-0.15, -0.1) is 13.2 Å². The van der Waals surface area contributed by atoms with Crippen LogP contribution in [-0.4, -0.2) is 0 Å². The van der Waals surface area contributed by atoms with Crippen molar-refractivity contribution in [3.8, 4) is 0 Å². The Hall–Kier alpha value is 1.96. The normalized spacial score (nSPS) is 5.83. The van der Waals surface area contributed by atoms with E-state index in [1.165, 1.54) is 0 Å². The van der Waals surface area contributed by atoms with Crippen LogP contribution in [0.4, 0.5) is 0 Å². The molecule has 0 spiro atoms. The Morgan fingerprint density at radius 1 is 0.833 bits per heavy atom. The van der Waals surface area contributed by atoms with Crippen LogP contribution in [0.5, 0.6) is 0 Å². The molecule has 0 aromatic rings. The summed E-state index contributed by atoms with van der Waals surface area (Å²) in [7, 11) is 19.3. The second kappa shape index (κ2) is 52.2. The molecule has 0 amide bonds. The van der Waals surface area contributed by atoms with Gasteiger partial charge in [-0.1, -0.05) is 12.2 Å². The monoisotopic (exact) mass is 436 g/mol. The molecule has 0 unspecified atom stereocenters. The predicted molar refractivity (Wildman–Crippen MR) is 55.2 cm³/mol. The van der Waals surface area contributed by atoms with Crippen LogP contribution in [0.3, 0.4) is 0 Å². The van der Waals surface area contributed by atoms with E-state index in [1.54, 1.807) is 12.2 Å². The van der Waals surface area contributed by atoms with Crippen LogP contribution in [0, 0.1) is 0 Å². The van der Waals surface area contributed by atoms with Crippen LogP contribution >= 0.6 is 38.1 Å². The van der Waals surface area contributed by atoms with Crippen molar-refractivity contribution in [2.45, 2.75) is 13.8 Å². The van der Waals surface area contributed by atoms with E-state index in [9.17, 15) is 0 Å². The number of allylic oxidation sites excluding steroid dienone is 2. The van der Waals surface area contributed by atoms with Gasteiger partial charge >= 0.3 is 70.0 Å². The van der Waals surface area contributed by atoms with Gasteiger partial charge in [0.2, 0.25) is 0 Å². The van der Waals surface area contributed by atoms with Gasteiger partial charge in [-0.25, -0.2) is 0 Å². The van der Waals surface area contributed by atoms with Crippen molar-refractivity contribution in [2.75, 3.05) is 0 Å². The van der Waals surface area contributed by atoms with E-state index in [2.05, 4.69) is 13.2 Å². The summed E-state index contributed by atoms with van der Waals surface area (Å²) in [4.78, 5) is 0. The first-order chi connectivity index (χ1) is 5.66. The Balaban J connectivity index is -0.0000000356. The Bertz CT molecular complexity index is 53.5. The van der Waals surface area contributed by atoms with Crippen molar-refractivity contribution in [2.24, 2.45) is 0 Å². The molecule has 6 heteroatoms. The van der Waals surface area contributed by atoms with E-state index in [4.69, 9.17) is 38.1 Å². The number of hydrogen-bond acceptors (Lipinski definition) is 0. The molecule has 12 heavy (non-hydrogen) atoms. The molecule has 0 saturated heterocycles. The third-order valence-electron chi connectivity index (χ3n) is 0. The first-order valence-corrected chi connectivity index (χ1v) is 10.5. The molecule has 0 aromatic heterocycles. The first kappa shape index (κ1) is 23.6. The van der Waals surface area contributed by atoms with Gasteiger partial charge < -0.3 is 0 Å². The van der Waals surface area contributed by atoms with Gasteiger partial charge in [0, 0.05) is 0 Å². The number of hydrogen-bond donors (Lipinski definition) is 0. The van der Waals surface area contributed by atoms with Crippen LogP contribution in [0.2, 0.25) is 0 Å². The van der Waals surface area contributed by atoms with Crippen molar-refractivity contribution >= 4 is 38.1 Å². The fraction of sp³-hybridized carbons (Fsp3) is 0.333. The summed E-state index contributed by atoms with van der Waals surface area (Å²) in [5, 5.41) is 0. The minimum absolute atomic E-state index is 0.106. The van der Waals surface area contributed by atoms with Crippen molar-refractivity contribution in [3.63, 3.8) is 0 Å². The summed E-state index contributed by atoms with van der Waals surface area (Å²) in [6.07, 6.45) is 3.50. The maximum atomic E-state index is 4.81. The summed E-state index contributed by atoms with van der Waals surface area (Å²) in [5.74, 6) is 0. The van der Waals surface area contributed by atoms with Gasteiger partial charge in [0.25, 0.3) is 0 Å². The van der Waals surface area contributed by atoms with Crippen LogP contribution in [-0.2, 0) is 31.9 Å². The Morgan fingerprint density at radius 3 is 0.833 bits per heavy atom. The summed E-state index contributed by atoms with van der Waals surface area (Å²) >= 11 is -0.211. The van der Waals surface area contributed by atoms with Gasteiger partial charge in [0.15, 0.2) is 0 Å². The zero-order valence-electron chi connectivity index (χ0n) is 6.71. The molecule has 0 aromatic carbocycles. The van der Waals surface area contributed by atoms with E-state index in [0.29, 0.717) is 0 Å². The molecular weight excluding hydrogens is 427 g/mol. The van der Waals surface area contributed by atoms with E-state index in [-0.39, 0.29) is 31.9 Å². The van der Waals surface area contributed by atoms with Gasteiger partial charge in [-0.05, 0) is 13.8 Å². The second-order valence-electron chi connectivity index (χ2n) is 0.907. The molecule has 0 aliphatic rings. The summed E-state index contributed by atoms with van der Waals surface area (Å²) < 4.78 is 0. The molecule has 0 fully saturated rings. The predicted octanol–water partition coefficient (Wildman–Crippen LogP) is 5.14. The van der Waals surface area contributed by atoms with Crippen molar-refractivity contribution in [1.29, 1.82) is 0 Å². The first-order valence-electron chi connectivity index (χ1n) is 2.45. The fourth-order valence-corrected chi connectivity index (χ4v) is 0. The Morgan fingerprint density at radius 2 is 0.833 bits per heavy atom. The third-order valence-corrected chi connectivity index (χ3v) is 0. The van der Waals surface area contributed by atoms with Gasteiger partial charge in [0.05, 0.1) is 0 Å². The Kier molecular flexibility index (Phi) is 103. The second-order valence-corrected chi connectivity index (χ2v) is 5.63. The molecule has 0 nitrogen and oxygen atoms in total. The molecule has 0 bridgehead atoms. The summed E-state index contributed by atoms with van der Waals surface area (Å²) in [5.41, 5.74) is 0. The average Bonchev–Trinajstić information content (AvgIpc) is 1.92. The maximum absolute atomic E-state index is 4.81. The molecule has 0 aliphatic heterocycles. The van der Waals surface area contributed by atoms with Crippen LogP contribution < -0.4 is 0 Å². The number of halogens is 4. The molecular formula is C6H12Cl4Pd2. The molecule has 0 heterocycles. The zero-order chi connectivity index (χ0) is 10.8. The zero-order valence-corrected chi connectivity index (χ0v) is 12.8. The minimum atomic E-state index is -0.106. The molecule has 0 N–H and O–H groups in total. The van der Waals surface area contributed by atoms with E-state index >= 15 is 0 Å². The molecule has 84 valence electrons. The molecule has 0 atom stereocenters. The topological polar surface area (TPSA) is 0 Å². The van der Waals surface area contributed by atoms with E-state index in [1.807, 2.05) is 13.8 Å². The molecule has 0 radical (unpaired) electrons. The van der Waals surface area contributed by atoms with E-state index in [0.717, 1.165) is 0 Å². The average molecular weight is 439 g/mol. The number of rotatable bonds is 0. The van der Waals surface area contributed by atoms with Crippen molar-refractivity contribution < 1.29 is 31.9 Å². The van der Waals surface area contributed by atoms with Gasteiger partial charge in [0.1, 0.15) is 0 Å². The Labute approximate surface area is 108 Å².